The number of carbonyl (C=O) groups is 2. The van der Waals surface area contributed by atoms with Crippen molar-refractivity contribution in [2.24, 2.45) is 0 Å². The van der Waals surface area contributed by atoms with Crippen LogP contribution in [0.15, 0.2) is 54.6 Å². The Morgan fingerprint density at radius 3 is 1.90 bits per heavy atom. The Morgan fingerprint density at radius 1 is 0.833 bits per heavy atom. The topological polar surface area (TPSA) is 40.6 Å². The van der Waals surface area contributed by atoms with E-state index in [0.29, 0.717) is 31.0 Å². The fourth-order valence-corrected chi connectivity index (χ4v) is 5.26. The molecule has 158 valence electrons. The van der Waals surface area contributed by atoms with E-state index >= 15 is 0 Å². The van der Waals surface area contributed by atoms with Gasteiger partial charge in [-0.05, 0) is 48.9 Å². The Morgan fingerprint density at radius 2 is 1.40 bits per heavy atom. The zero-order chi connectivity index (χ0) is 21.4. The molecule has 30 heavy (non-hydrogen) atoms. The molecule has 1 aliphatic heterocycles. The SMILES string of the molecule is CN(C)C(=O)C1(c2ccccc2)CCN(C(=O)C2(c3ccc(Cl)cc3)CCC2)CC1. The first-order valence-electron chi connectivity index (χ1n) is 10.7. The number of carbonyl (C=O) groups excluding carboxylic acids is 2. The Labute approximate surface area is 183 Å². The number of rotatable bonds is 4. The summed E-state index contributed by atoms with van der Waals surface area (Å²) in [5, 5.41) is 0.688. The summed E-state index contributed by atoms with van der Waals surface area (Å²) >= 11 is 6.06. The molecule has 0 unspecified atom stereocenters. The van der Waals surface area contributed by atoms with Crippen LogP contribution in [-0.4, -0.2) is 48.8 Å². The molecule has 2 amide bonds. The van der Waals surface area contributed by atoms with E-state index in [4.69, 9.17) is 11.6 Å². The van der Waals surface area contributed by atoms with Crippen molar-refractivity contribution in [2.75, 3.05) is 27.2 Å². The van der Waals surface area contributed by atoms with Gasteiger partial charge in [0.2, 0.25) is 11.8 Å². The molecule has 1 heterocycles. The van der Waals surface area contributed by atoms with Gasteiger partial charge in [0.05, 0.1) is 10.8 Å². The zero-order valence-corrected chi connectivity index (χ0v) is 18.5. The molecule has 0 atom stereocenters. The third-order valence-corrected chi connectivity index (χ3v) is 7.31. The Balaban J connectivity index is 1.57. The summed E-state index contributed by atoms with van der Waals surface area (Å²) in [6.07, 6.45) is 4.12. The minimum Gasteiger partial charge on any atom is -0.348 e. The number of piperidine rings is 1. The third-order valence-electron chi connectivity index (χ3n) is 7.06. The fraction of sp³-hybridized carbons (Fsp3) is 0.440. The Kier molecular flexibility index (Phi) is 5.63. The molecule has 4 nitrogen and oxygen atoms in total. The van der Waals surface area contributed by atoms with Crippen LogP contribution in [0, 0.1) is 0 Å². The molecular formula is C25H29ClN2O2. The van der Waals surface area contributed by atoms with E-state index in [1.807, 2.05) is 73.6 Å². The molecule has 2 aliphatic rings. The van der Waals surface area contributed by atoms with E-state index in [2.05, 4.69) is 0 Å². The van der Waals surface area contributed by atoms with Crippen molar-refractivity contribution in [2.45, 2.75) is 42.9 Å². The quantitative estimate of drug-likeness (QED) is 0.729. The number of hydrogen-bond acceptors (Lipinski definition) is 2. The predicted molar refractivity (Wildman–Crippen MR) is 120 cm³/mol. The maximum Gasteiger partial charge on any atom is 0.233 e. The molecule has 0 radical (unpaired) electrons. The van der Waals surface area contributed by atoms with Crippen molar-refractivity contribution >= 4 is 23.4 Å². The van der Waals surface area contributed by atoms with Crippen molar-refractivity contribution < 1.29 is 9.59 Å². The normalized spacial score (nSPS) is 19.6. The van der Waals surface area contributed by atoms with Gasteiger partial charge >= 0.3 is 0 Å². The van der Waals surface area contributed by atoms with Crippen LogP contribution in [0.5, 0.6) is 0 Å². The number of halogens is 1. The monoisotopic (exact) mass is 424 g/mol. The number of hydrogen-bond donors (Lipinski definition) is 0. The van der Waals surface area contributed by atoms with Gasteiger partial charge in [-0.1, -0.05) is 60.5 Å². The fourth-order valence-electron chi connectivity index (χ4n) is 5.13. The summed E-state index contributed by atoms with van der Waals surface area (Å²) in [7, 11) is 3.63. The van der Waals surface area contributed by atoms with Gasteiger partial charge in [-0.2, -0.15) is 0 Å². The van der Waals surface area contributed by atoms with E-state index in [1.54, 1.807) is 4.90 Å². The lowest BCUT2D eigenvalue weighted by atomic mass is 9.63. The van der Waals surface area contributed by atoms with E-state index in [0.717, 1.165) is 30.4 Å². The first-order valence-corrected chi connectivity index (χ1v) is 11.1. The maximum absolute atomic E-state index is 13.6. The second-order valence-electron chi connectivity index (χ2n) is 8.88. The summed E-state index contributed by atoms with van der Waals surface area (Å²) in [4.78, 5) is 30.5. The second kappa shape index (κ2) is 8.07. The molecular weight excluding hydrogens is 396 g/mol. The molecule has 5 heteroatoms. The van der Waals surface area contributed by atoms with Gasteiger partial charge in [-0.15, -0.1) is 0 Å². The van der Waals surface area contributed by atoms with Crippen LogP contribution in [0.4, 0.5) is 0 Å². The van der Waals surface area contributed by atoms with Crippen molar-refractivity contribution in [3.05, 3.63) is 70.7 Å². The molecule has 4 rings (SSSR count). The van der Waals surface area contributed by atoms with Crippen molar-refractivity contribution in [1.29, 1.82) is 0 Å². The molecule has 2 fully saturated rings. The van der Waals surface area contributed by atoms with Gasteiger partial charge in [-0.25, -0.2) is 0 Å². The maximum atomic E-state index is 13.6. The summed E-state index contributed by atoms with van der Waals surface area (Å²) in [5.41, 5.74) is 1.12. The molecule has 0 aromatic heterocycles. The molecule has 2 aromatic carbocycles. The van der Waals surface area contributed by atoms with Gasteiger partial charge in [0.25, 0.3) is 0 Å². The molecule has 0 N–H and O–H groups in total. The van der Waals surface area contributed by atoms with Gasteiger partial charge < -0.3 is 9.80 Å². The van der Waals surface area contributed by atoms with E-state index < -0.39 is 10.8 Å². The van der Waals surface area contributed by atoms with Crippen LogP contribution in [0.25, 0.3) is 0 Å². The highest BCUT2D eigenvalue weighted by Gasteiger charge is 2.50. The van der Waals surface area contributed by atoms with Crippen LogP contribution in [0.1, 0.15) is 43.2 Å². The van der Waals surface area contributed by atoms with Gasteiger partial charge in [0.15, 0.2) is 0 Å². The van der Waals surface area contributed by atoms with Crippen LogP contribution in [0.2, 0.25) is 5.02 Å². The molecule has 0 spiro atoms. The number of likely N-dealkylation sites (tertiary alicyclic amines) is 1. The molecule has 1 saturated carbocycles. The summed E-state index contributed by atoms with van der Waals surface area (Å²) < 4.78 is 0. The first kappa shape index (κ1) is 20.9. The first-order chi connectivity index (χ1) is 14.4. The largest absolute Gasteiger partial charge is 0.348 e. The molecule has 2 aromatic rings. The van der Waals surface area contributed by atoms with Crippen LogP contribution >= 0.6 is 11.6 Å². The lowest BCUT2D eigenvalue weighted by Crippen LogP contribution is -2.57. The van der Waals surface area contributed by atoms with Crippen molar-refractivity contribution in [3.8, 4) is 0 Å². The number of amides is 2. The predicted octanol–water partition coefficient (Wildman–Crippen LogP) is 4.41. The van der Waals surface area contributed by atoms with Crippen LogP contribution in [0.3, 0.4) is 0 Å². The van der Waals surface area contributed by atoms with E-state index in [1.165, 1.54) is 0 Å². The highest BCUT2D eigenvalue weighted by molar-refractivity contribution is 6.30. The van der Waals surface area contributed by atoms with Gasteiger partial charge in [0.1, 0.15) is 0 Å². The van der Waals surface area contributed by atoms with Crippen molar-refractivity contribution in [1.82, 2.24) is 9.80 Å². The van der Waals surface area contributed by atoms with E-state index in [-0.39, 0.29) is 11.8 Å². The van der Waals surface area contributed by atoms with Crippen LogP contribution in [-0.2, 0) is 20.4 Å². The number of likely N-dealkylation sites (N-methyl/N-ethyl adjacent to an activating group) is 1. The molecule has 1 aliphatic carbocycles. The number of benzene rings is 2. The summed E-state index contributed by atoms with van der Waals surface area (Å²) in [6.45, 7) is 1.20. The average Bonchev–Trinajstić information content (AvgIpc) is 2.74. The van der Waals surface area contributed by atoms with Gasteiger partial charge in [0, 0.05) is 32.2 Å². The minimum absolute atomic E-state index is 0.122. The van der Waals surface area contributed by atoms with Crippen molar-refractivity contribution in [3.63, 3.8) is 0 Å². The highest BCUT2D eigenvalue weighted by atomic mass is 35.5. The molecule has 0 bridgehead atoms. The summed E-state index contributed by atoms with van der Waals surface area (Å²) in [5.74, 6) is 0.326. The van der Waals surface area contributed by atoms with E-state index in [9.17, 15) is 9.59 Å². The summed E-state index contributed by atoms with van der Waals surface area (Å²) in [6, 6.07) is 17.8. The highest BCUT2D eigenvalue weighted by Crippen LogP contribution is 2.47. The minimum atomic E-state index is -0.561. The second-order valence-corrected chi connectivity index (χ2v) is 9.32. The third kappa shape index (κ3) is 3.41. The standard InChI is InChI=1S/C25H29ClN2O2/c1-27(2)22(29)25(19-7-4-3-5-8-19)15-17-28(18-16-25)23(30)24(13-6-14-24)20-9-11-21(26)12-10-20/h3-5,7-12H,6,13-18H2,1-2H3. The smallest absolute Gasteiger partial charge is 0.233 e. The Bertz CT molecular complexity index is 912. The van der Waals surface area contributed by atoms with Crippen LogP contribution < -0.4 is 0 Å². The molecule has 1 saturated heterocycles. The number of nitrogens with zero attached hydrogens (tertiary/aromatic N) is 2. The zero-order valence-electron chi connectivity index (χ0n) is 17.7. The lowest BCUT2D eigenvalue weighted by molar-refractivity contribution is -0.146. The lowest BCUT2D eigenvalue weighted by Gasteiger charge is -2.48. The van der Waals surface area contributed by atoms with Gasteiger partial charge in [-0.3, -0.25) is 9.59 Å². The average molecular weight is 425 g/mol. The Hall–Kier alpha value is -2.33.